The highest BCUT2D eigenvalue weighted by Gasteiger charge is 2.45. The summed E-state index contributed by atoms with van der Waals surface area (Å²) in [5.74, 6) is -0.00614. The second-order valence-electron chi connectivity index (χ2n) is 6.75. The predicted molar refractivity (Wildman–Crippen MR) is 104 cm³/mol. The minimum atomic E-state index is -3.80. The van der Waals surface area contributed by atoms with Crippen molar-refractivity contribution >= 4 is 19.7 Å². The van der Waals surface area contributed by atoms with Crippen molar-refractivity contribution in [2.24, 2.45) is 0 Å². The summed E-state index contributed by atoms with van der Waals surface area (Å²) in [7, 11) is -5.73. The Morgan fingerprint density at radius 1 is 1.07 bits per heavy atom. The van der Waals surface area contributed by atoms with Gasteiger partial charge >= 0.3 is 0 Å². The molecule has 0 spiro atoms. The SMILES string of the molecule is COc1ccc(S(=O)(=O)[C@H]2CS(=O)(=O)C[C@@H]2NCc2ccccc2C)cc1. The van der Waals surface area contributed by atoms with Crippen LogP contribution in [0.25, 0.3) is 0 Å². The number of hydrogen-bond acceptors (Lipinski definition) is 6. The van der Waals surface area contributed by atoms with Gasteiger partial charge in [0.25, 0.3) is 0 Å². The number of ether oxygens (including phenoxy) is 1. The number of benzene rings is 2. The number of sulfone groups is 2. The number of nitrogens with one attached hydrogen (secondary N) is 1. The fraction of sp³-hybridized carbons (Fsp3) is 0.368. The summed E-state index contributed by atoms with van der Waals surface area (Å²) in [6.45, 7) is 2.38. The molecule has 0 aliphatic carbocycles. The van der Waals surface area contributed by atoms with Crippen LogP contribution in [0.1, 0.15) is 11.1 Å². The van der Waals surface area contributed by atoms with Crippen LogP contribution in [0.2, 0.25) is 0 Å². The third-order valence-electron chi connectivity index (χ3n) is 4.90. The largest absolute Gasteiger partial charge is 0.497 e. The molecule has 2 aromatic rings. The van der Waals surface area contributed by atoms with Crippen LogP contribution < -0.4 is 10.1 Å². The van der Waals surface area contributed by atoms with E-state index in [9.17, 15) is 16.8 Å². The van der Waals surface area contributed by atoms with Gasteiger partial charge in [-0.15, -0.1) is 0 Å². The lowest BCUT2D eigenvalue weighted by Crippen LogP contribution is -2.43. The second-order valence-corrected chi connectivity index (χ2v) is 11.1. The van der Waals surface area contributed by atoms with Gasteiger partial charge in [-0.05, 0) is 42.3 Å². The van der Waals surface area contributed by atoms with Crippen molar-refractivity contribution in [3.8, 4) is 5.75 Å². The molecule has 0 saturated carbocycles. The fourth-order valence-electron chi connectivity index (χ4n) is 3.30. The van der Waals surface area contributed by atoms with Crippen molar-refractivity contribution in [1.82, 2.24) is 5.32 Å². The summed E-state index contributed by atoms with van der Waals surface area (Å²) in [5, 5.41) is 2.15. The number of hydrogen-bond donors (Lipinski definition) is 1. The molecule has 1 saturated heterocycles. The monoisotopic (exact) mass is 409 g/mol. The van der Waals surface area contributed by atoms with E-state index in [0.29, 0.717) is 12.3 Å². The molecule has 27 heavy (non-hydrogen) atoms. The van der Waals surface area contributed by atoms with E-state index >= 15 is 0 Å². The molecule has 0 amide bonds. The molecule has 1 fully saturated rings. The van der Waals surface area contributed by atoms with Crippen LogP contribution in [0.15, 0.2) is 53.4 Å². The van der Waals surface area contributed by atoms with E-state index in [1.165, 1.54) is 19.2 Å². The molecule has 2 atom stereocenters. The van der Waals surface area contributed by atoms with E-state index < -0.39 is 31.0 Å². The number of aryl methyl sites for hydroxylation is 1. The normalized spacial score (nSPS) is 21.9. The standard InChI is InChI=1S/C19H23NO5S2/c1-14-5-3-4-6-15(14)11-20-18-12-26(21,22)13-19(18)27(23,24)17-9-7-16(25-2)8-10-17/h3-10,18-20H,11-13H2,1-2H3/t18-,19-/m0/s1. The van der Waals surface area contributed by atoms with Crippen molar-refractivity contribution in [3.05, 3.63) is 59.7 Å². The maximum absolute atomic E-state index is 13.1. The first-order chi connectivity index (χ1) is 12.7. The van der Waals surface area contributed by atoms with Crippen LogP contribution >= 0.6 is 0 Å². The lowest BCUT2D eigenvalue weighted by molar-refractivity contribution is 0.414. The molecule has 146 valence electrons. The van der Waals surface area contributed by atoms with E-state index in [1.54, 1.807) is 12.1 Å². The molecule has 2 aromatic carbocycles. The number of rotatable bonds is 6. The van der Waals surface area contributed by atoms with Crippen LogP contribution in [0.4, 0.5) is 0 Å². The zero-order valence-electron chi connectivity index (χ0n) is 15.3. The van der Waals surface area contributed by atoms with Crippen molar-refractivity contribution < 1.29 is 21.6 Å². The van der Waals surface area contributed by atoms with Crippen molar-refractivity contribution in [2.75, 3.05) is 18.6 Å². The lowest BCUT2D eigenvalue weighted by atomic mass is 10.1. The molecule has 1 aliphatic heterocycles. The van der Waals surface area contributed by atoms with Crippen molar-refractivity contribution in [2.45, 2.75) is 29.7 Å². The predicted octanol–water partition coefficient (Wildman–Crippen LogP) is 1.73. The highest BCUT2D eigenvalue weighted by atomic mass is 32.2. The average Bonchev–Trinajstić information content (AvgIpc) is 2.96. The summed E-state index contributed by atoms with van der Waals surface area (Å²) in [6.07, 6.45) is 0. The van der Waals surface area contributed by atoms with Gasteiger partial charge in [0, 0.05) is 12.6 Å². The van der Waals surface area contributed by atoms with Gasteiger partial charge in [0.1, 0.15) is 5.75 Å². The second kappa shape index (κ2) is 7.61. The van der Waals surface area contributed by atoms with Crippen LogP contribution in [0.5, 0.6) is 5.75 Å². The van der Waals surface area contributed by atoms with Crippen molar-refractivity contribution in [1.29, 1.82) is 0 Å². The molecule has 0 aromatic heterocycles. The van der Waals surface area contributed by atoms with E-state index in [1.807, 2.05) is 31.2 Å². The summed E-state index contributed by atoms with van der Waals surface area (Å²) >= 11 is 0. The zero-order chi connectivity index (χ0) is 19.7. The maximum Gasteiger partial charge on any atom is 0.183 e. The lowest BCUT2D eigenvalue weighted by Gasteiger charge is -2.20. The molecule has 6 nitrogen and oxygen atoms in total. The Kier molecular flexibility index (Phi) is 5.60. The Bertz CT molecular complexity index is 1010. The average molecular weight is 410 g/mol. The van der Waals surface area contributed by atoms with Gasteiger partial charge in [0.2, 0.25) is 0 Å². The molecular weight excluding hydrogens is 386 g/mol. The Morgan fingerprint density at radius 3 is 2.37 bits per heavy atom. The maximum atomic E-state index is 13.1. The van der Waals surface area contributed by atoms with Crippen LogP contribution in [0.3, 0.4) is 0 Å². The first-order valence-corrected chi connectivity index (χ1v) is 12.0. The van der Waals surface area contributed by atoms with E-state index in [4.69, 9.17) is 4.74 Å². The van der Waals surface area contributed by atoms with Crippen LogP contribution in [0, 0.1) is 6.92 Å². The smallest absolute Gasteiger partial charge is 0.183 e. The van der Waals surface area contributed by atoms with E-state index in [2.05, 4.69) is 5.32 Å². The fourth-order valence-corrected chi connectivity index (χ4v) is 8.02. The summed E-state index contributed by atoms with van der Waals surface area (Å²) in [4.78, 5) is 0.105. The molecular formula is C19H23NO5S2. The highest BCUT2D eigenvalue weighted by Crippen LogP contribution is 2.27. The third-order valence-corrected chi connectivity index (χ3v) is 9.07. The molecule has 8 heteroatoms. The molecule has 0 radical (unpaired) electrons. The molecule has 0 bridgehead atoms. The van der Waals surface area contributed by atoms with Gasteiger partial charge in [-0.1, -0.05) is 24.3 Å². The van der Waals surface area contributed by atoms with E-state index in [0.717, 1.165) is 11.1 Å². The quantitative estimate of drug-likeness (QED) is 0.782. The Hall–Kier alpha value is -1.90. The number of methoxy groups -OCH3 is 1. The molecule has 0 unspecified atom stereocenters. The minimum Gasteiger partial charge on any atom is -0.497 e. The van der Waals surface area contributed by atoms with Gasteiger partial charge in [-0.25, -0.2) is 16.8 Å². The third kappa shape index (κ3) is 4.34. The minimum absolute atomic E-state index is 0.105. The molecule has 3 rings (SSSR count). The first-order valence-electron chi connectivity index (χ1n) is 8.59. The zero-order valence-corrected chi connectivity index (χ0v) is 16.9. The van der Waals surface area contributed by atoms with Gasteiger partial charge in [-0.3, -0.25) is 0 Å². The van der Waals surface area contributed by atoms with Gasteiger partial charge < -0.3 is 10.1 Å². The van der Waals surface area contributed by atoms with Gasteiger partial charge in [-0.2, -0.15) is 0 Å². The summed E-state index contributed by atoms with van der Waals surface area (Å²) in [5.41, 5.74) is 2.09. The van der Waals surface area contributed by atoms with Crippen molar-refractivity contribution in [3.63, 3.8) is 0 Å². The topological polar surface area (TPSA) is 89.5 Å². The highest BCUT2D eigenvalue weighted by molar-refractivity contribution is 7.96. The summed E-state index contributed by atoms with van der Waals surface area (Å²) in [6, 6.07) is 13.1. The molecule has 1 N–H and O–H groups in total. The Morgan fingerprint density at radius 2 is 1.74 bits per heavy atom. The first kappa shape index (κ1) is 19.9. The Balaban J connectivity index is 1.85. The Labute approximate surface area is 160 Å². The molecule has 1 aliphatic rings. The van der Waals surface area contributed by atoms with Gasteiger partial charge in [0.05, 0.1) is 28.8 Å². The molecule has 1 heterocycles. The van der Waals surface area contributed by atoms with Crippen LogP contribution in [-0.4, -0.2) is 46.7 Å². The van der Waals surface area contributed by atoms with Crippen LogP contribution in [-0.2, 0) is 26.2 Å². The van der Waals surface area contributed by atoms with Gasteiger partial charge in [0.15, 0.2) is 19.7 Å². The van der Waals surface area contributed by atoms with E-state index in [-0.39, 0.29) is 16.4 Å². The summed E-state index contributed by atoms with van der Waals surface area (Å²) < 4.78 is 55.6.